The summed E-state index contributed by atoms with van der Waals surface area (Å²) >= 11 is 0. The molecule has 2 heterocycles. The van der Waals surface area contributed by atoms with Crippen molar-refractivity contribution in [3.63, 3.8) is 0 Å². The van der Waals surface area contributed by atoms with Crippen LogP contribution in [0.3, 0.4) is 0 Å². The molecule has 3 rings (SSSR count). The topological polar surface area (TPSA) is 100 Å². The lowest BCUT2D eigenvalue weighted by Crippen LogP contribution is -2.55. The number of nitrogens with zero attached hydrogens (tertiary/aromatic N) is 4. The normalized spacial score (nSPS) is 19.9. The van der Waals surface area contributed by atoms with Gasteiger partial charge in [-0.15, -0.1) is 24.0 Å². The molecule has 1 aromatic rings. The molecule has 2 aliphatic heterocycles. The molecule has 0 aliphatic carbocycles. The lowest BCUT2D eigenvalue weighted by Gasteiger charge is -2.37. The summed E-state index contributed by atoms with van der Waals surface area (Å²) < 4.78 is 5.49. The number of guanidine groups is 1. The number of ether oxygens (including phenoxy) is 1. The van der Waals surface area contributed by atoms with Crippen LogP contribution in [0.4, 0.5) is 5.69 Å². The highest BCUT2D eigenvalue weighted by Crippen LogP contribution is 2.16. The molecule has 2 fully saturated rings. The van der Waals surface area contributed by atoms with Gasteiger partial charge in [0.05, 0.1) is 4.92 Å². The molecule has 154 valence electrons. The summed E-state index contributed by atoms with van der Waals surface area (Å²) in [7, 11) is 1.72. The van der Waals surface area contributed by atoms with E-state index in [0.717, 1.165) is 24.4 Å². The number of benzene rings is 1. The van der Waals surface area contributed by atoms with Crippen LogP contribution >= 0.6 is 24.0 Å². The van der Waals surface area contributed by atoms with E-state index in [-0.39, 0.29) is 41.7 Å². The maximum absolute atomic E-state index is 12.4. The van der Waals surface area contributed by atoms with Crippen molar-refractivity contribution in [2.45, 2.75) is 25.5 Å². The van der Waals surface area contributed by atoms with Gasteiger partial charge in [0.25, 0.3) is 11.6 Å². The molecule has 2 aliphatic rings. The molecular formula is C18H26IN5O4. The molecule has 1 aromatic carbocycles. The lowest BCUT2D eigenvalue weighted by atomic mass is 10.2. The number of hydrogen-bond donors (Lipinski definition) is 1. The Hall–Kier alpha value is -1.95. The second-order valence-electron chi connectivity index (χ2n) is 6.64. The first-order chi connectivity index (χ1) is 13.1. The monoisotopic (exact) mass is 503 g/mol. The van der Waals surface area contributed by atoms with E-state index in [9.17, 15) is 14.9 Å². The summed E-state index contributed by atoms with van der Waals surface area (Å²) in [6.07, 6.45) is 1.50. The Morgan fingerprint density at radius 2 is 1.89 bits per heavy atom. The highest BCUT2D eigenvalue weighted by atomic mass is 127. The molecular weight excluding hydrogens is 477 g/mol. The zero-order chi connectivity index (χ0) is 19.2. The number of nitro groups is 1. The molecule has 0 bridgehead atoms. The SMILES string of the molecule is CN=C(NCc1ccc([N+](=O)[O-])cc1)N1CCN(C(=O)C2CCCO2)CC1.I. The Morgan fingerprint density at radius 1 is 1.25 bits per heavy atom. The molecule has 28 heavy (non-hydrogen) atoms. The molecule has 1 N–H and O–H groups in total. The highest BCUT2D eigenvalue weighted by Gasteiger charge is 2.30. The Kier molecular flexibility index (Phi) is 8.42. The van der Waals surface area contributed by atoms with Gasteiger partial charge in [0, 0.05) is 58.5 Å². The van der Waals surface area contributed by atoms with Gasteiger partial charge in [-0.05, 0) is 18.4 Å². The average molecular weight is 503 g/mol. The number of non-ortho nitro benzene ring substituents is 1. The quantitative estimate of drug-likeness (QED) is 0.220. The Bertz CT molecular complexity index is 698. The van der Waals surface area contributed by atoms with Crippen molar-refractivity contribution in [1.29, 1.82) is 0 Å². The standard InChI is InChI=1S/C18H25N5O4.HI/c1-19-18(20-13-14-4-6-15(7-5-14)23(25)26)22-10-8-21(9-11-22)17(24)16-3-2-12-27-16;/h4-7,16H,2-3,8-13H2,1H3,(H,19,20);1H. The predicted octanol–water partition coefficient (Wildman–Crippen LogP) is 1.61. The summed E-state index contributed by atoms with van der Waals surface area (Å²) in [5.41, 5.74) is 1.02. The van der Waals surface area contributed by atoms with Crippen molar-refractivity contribution in [2.75, 3.05) is 39.8 Å². The zero-order valence-corrected chi connectivity index (χ0v) is 18.2. The smallest absolute Gasteiger partial charge is 0.269 e. The summed E-state index contributed by atoms with van der Waals surface area (Å²) in [4.78, 5) is 31.0. The van der Waals surface area contributed by atoms with Gasteiger partial charge in [-0.25, -0.2) is 0 Å². The molecule has 9 nitrogen and oxygen atoms in total. The molecule has 1 amide bonds. The van der Waals surface area contributed by atoms with Crippen molar-refractivity contribution in [2.24, 2.45) is 4.99 Å². The van der Waals surface area contributed by atoms with E-state index >= 15 is 0 Å². The molecule has 1 atom stereocenters. The number of carbonyl (C=O) groups excluding carboxylic acids is 1. The predicted molar refractivity (Wildman–Crippen MR) is 116 cm³/mol. The zero-order valence-electron chi connectivity index (χ0n) is 15.9. The van der Waals surface area contributed by atoms with Crippen molar-refractivity contribution in [3.8, 4) is 0 Å². The van der Waals surface area contributed by atoms with Gasteiger partial charge in [0.1, 0.15) is 6.10 Å². The highest BCUT2D eigenvalue weighted by molar-refractivity contribution is 14.0. The molecule has 0 aromatic heterocycles. The van der Waals surface area contributed by atoms with Crippen LogP contribution in [0.15, 0.2) is 29.3 Å². The van der Waals surface area contributed by atoms with Crippen LogP contribution in [-0.2, 0) is 16.1 Å². The van der Waals surface area contributed by atoms with E-state index in [1.54, 1.807) is 19.2 Å². The molecule has 10 heteroatoms. The first-order valence-corrected chi connectivity index (χ1v) is 9.18. The largest absolute Gasteiger partial charge is 0.368 e. The van der Waals surface area contributed by atoms with Crippen LogP contribution in [0.1, 0.15) is 18.4 Å². The van der Waals surface area contributed by atoms with Gasteiger partial charge in [-0.2, -0.15) is 0 Å². The van der Waals surface area contributed by atoms with Crippen molar-refractivity contribution < 1.29 is 14.5 Å². The van der Waals surface area contributed by atoms with Gasteiger partial charge in [0.15, 0.2) is 5.96 Å². The van der Waals surface area contributed by atoms with E-state index in [2.05, 4.69) is 15.2 Å². The van der Waals surface area contributed by atoms with Crippen LogP contribution in [0.2, 0.25) is 0 Å². The molecule has 1 unspecified atom stereocenters. The number of hydrogen-bond acceptors (Lipinski definition) is 5. The summed E-state index contributed by atoms with van der Waals surface area (Å²) in [5, 5.41) is 14.0. The summed E-state index contributed by atoms with van der Waals surface area (Å²) in [5.74, 6) is 0.860. The van der Waals surface area contributed by atoms with E-state index in [4.69, 9.17) is 4.74 Å². The van der Waals surface area contributed by atoms with Crippen LogP contribution in [0.5, 0.6) is 0 Å². The first-order valence-electron chi connectivity index (χ1n) is 9.18. The number of halogens is 1. The van der Waals surface area contributed by atoms with Crippen molar-refractivity contribution in [1.82, 2.24) is 15.1 Å². The van der Waals surface area contributed by atoms with Crippen LogP contribution in [-0.4, -0.2) is 72.5 Å². The lowest BCUT2D eigenvalue weighted by molar-refractivity contribution is -0.384. The third-order valence-electron chi connectivity index (χ3n) is 4.91. The van der Waals surface area contributed by atoms with Gasteiger partial charge in [-0.3, -0.25) is 19.9 Å². The maximum atomic E-state index is 12.4. The fourth-order valence-electron chi connectivity index (χ4n) is 3.36. The summed E-state index contributed by atoms with van der Waals surface area (Å²) in [6, 6.07) is 6.46. The van der Waals surface area contributed by atoms with Crippen molar-refractivity contribution in [3.05, 3.63) is 39.9 Å². The fourth-order valence-corrected chi connectivity index (χ4v) is 3.36. The minimum Gasteiger partial charge on any atom is -0.368 e. The van der Waals surface area contributed by atoms with E-state index in [1.807, 2.05) is 4.90 Å². The third-order valence-corrected chi connectivity index (χ3v) is 4.91. The molecule has 0 saturated carbocycles. The minimum atomic E-state index is -0.409. The van der Waals surface area contributed by atoms with Gasteiger partial charge >= 0.3 is 0 Å². The van der Waals surface area contributed by atoms with Gasteiger partial charge in [0.2, 0.25) is 0 Å². The number of nitrogens with one attached hydrogen (secondary N) is 1. The van der Waals surface area contributed by atoms with E-state index in [1.165, 1.54) is 12.1 Å². The van der Waals surface area contributed by atoms with Gasteiger partial charge in [-0.1, -0.05) is 12.1 Å². The van der Waals surface area contributed by atoms with E-state index < -0.39 is 4.92 Å². The molecule has 2 saturated heterocycles. The number of aliphatic imine (C=N–C) groups is 1. The Labute approximate surface area is 181 Å². The molecule has 0 spiro atoms. The minimum absolute atomic E-state index is 0. The van der Waals surface area contributed by atoms with E-state index in [0.29, 0.717) is 39.3 Å². The first kappa shape index (κ1) is 22.3. The van der Waals surface area contributed by atoms with Crippen LogP contribution < -0.4 is 5.32 Å². The maximum Gasteiger partial charge on any atom is 0.269 e. The average Bonchev–Trinajstić information content (AvgIpc) is 3.23. The second kappa shape index (κ2) is 10.6. The summed E-state index contributed by atoms with van der Waals surface area (Å²) in [6.45, 7) is 3.92. The second-order valence-corrected chi connectivity index (χ2v) is 6.64. The molecule has 0 radical (unpaired) electrons. The van der Waals surface area contributed by atoms with Crippen molar-refractivity contribution >= 4 is 41.5 Å². The number of carbonyl (C=O) groups is 1. The Balaban J connectivity index is 0.00000280. The Morgan fingerprint density at radius 3 is 2.43 bits per heavy atom. The van der Waals surface area contributed by atoms with Crippen LogP contribution in [0, 0.1) is 10.1 Å². The number of amides is 1. The number of piperazine rings is 1. The van der Waals surface area contributed by atoms with Crippen LogP contribution in [0.25, 0.3) is 0 Å². The fraction of sp³-hybridized carbons (Fsp3) is 0.556. The third kappa shape index (κ3) is 5.53. The number of rotatable bonds is 4. The number of nitro benzene ring substituents is 1. The van der Waals surface area contributed by atoms with Gasteiger partial charge < -0.3 is 19.9 Å².